The largest absolute Gasteiger partial charge is 0.459 e. The van der Waals surface area contributed by atoms with Gasteiger partial charge >= 0.3 is 17.9 Å². The minimum atomic E-state index is -1.21. The summed E-state index contributed by atoms with van der Waals surface area (Å²) in [5, 5.41) is 4.97. The number of H-pyrrole nitrogens is 1. The summed E-state index contributed by atoms with van der Waals surface area (Å²) in [6.45, 7) is -0.312. The molecule has 0 radical (unpaired) electrons. The Kier molecular flexibility index (Phi) is 8.03. The second-order valence-electron chi connectivity index (χ2n) is 9.56. The lowest BCUT2D eigenvalue weighted by molar-refractivity contribution is -0.0654. The molecule has 1 saturated heterocycles. The van der Waals surface area contributed by atoms with Gasteiger partial charge in [-0.2, -0.15) is 5.10 Å². The van der Waals surface area contributed by atoms with Crippen LogP contribution in [0.1, 0.15) is 37.3 Å². The minimum Gasteiger partial charge on any atom is -0.459 e. The van der Waals surface area contributed by atoms with Crippen molar-refractivity contribution in [2.45, 2.75) is 24.5 Å². The van der Waals surface area contributed by atoms with Crippen LogP contribution < -0.4 is 0 Å². The summed E-state index contributed by atoms with van der Waals surface area (Å²) in [7, 11) is 0. The van der Waals surface area contributed by atoms with Crippen molar-refractivity contribution in [3.05, 3.63) is 125 Å². The SMILES string of the molecule is O=C(OC[C@H]1O[C@@H](n2ncc3c(=S)nc[nH]c32)[C@H](OC(=O)c2ccccc2)[C@@H]1OC(=O)c1ccccc1)c1ccccc1. The molecule has 2 aromatic heterocycles. The van der Waals surface area contributed by atoms with Crippen LogP contribution in [0.2, 0.25) is 0 Å². The van der Waals surface area contributed by atoms with E-state index in [0.29, 0.717) is 21.2 Å². The molecule has 0 saturated carbocycles. The van der Waals surface area contributed by atoms with Crippen LogP contribution in [0.15, 0.2) is 104 Å². The van der Waals surface area contributed by atoms with Crippen molar-refractivity contribution in [2.24, 2.45) is 0 Å². The second-order valence-corrected chi connectivity index (χ2v) is 9.95. The fraction of sp³-hybridized carbons (Fsp3) is 0.161. The van der Waals surface area contributed by atoms with E-state index in [4.69, 9.17) is 31.2 Å². The summed E-state index contributed by atoms with van der Waals surface area (Å²) in [4.78, 5) is 46.5. The van der Waals surface area contributed by atoms with Crippen LogP contribution in [0, 0.1) is 4.64 Å². The van der Waals surface area contributed by atoms with Crippen LogP contribution in [0.4, 0.5) is 0 Å². The molecule has 12 heteroatoms. The van der Waals surface area contributed by atoms with Gasteiger partial charge in [0.15, 0.2) is 18.4 Å². The van der Waals surface area contributed by atoms with Crippen molar-refractivity contribution >= 4 is 41.2 Å². The van der Waals surface area contributed by atoms with E-state index in [-0.39, 0.29) is 17.7 Å². The molecule has 43 heavy (non-hydrogen) atoms. The Morgan fingerprint density at radius 2 is 1.33 bits per heavy atom. The van der Waals surface area contributed by atoms with E-state index in [9.17, 15) is 14.4 Å². The molecule has 3 aromatic carbocycles. The molecule has 1 aliphatic rings. The number of aromatic amines is 1. The Balaban J connectivity index is 1.37. The minimum absolute atomic E-state index is 0.277. The molecule has 0 bridgehead atoms. The average Bonchev–Trinajstić information content (AvgIpc) is 3.63. The molecule has 6 rings (SSSR count). The van der Waals surface area contributed by atoms with Crippen LogP contribution >= 0.6 is 12.2 Å². The number of carbonyl (C=O) groups is 3. The lowest BCUT2D eigenvalue weighted by Gasteiger charge is -2.24. The molecule has 11 nitrogen and oxygen atoms in total. The van der Waals surface area contributed by atoms with Crippen LogP contribution in [-0.4, -0.2) is 62.6 Å². The Labute approximate surface area is 250 Å². The van der Waals surface area contributed by atoms with E-state index in [0.717, 1.165) is 0 Å². The van der Waals surface area contributed by atoms with Crippen LogP contribution in [0.5, 0.6) is 0 Å². The van der Waals surface area contributed by atoms with Crippen LogP contribution in [0.3, 0.4) is 0 Å². The van der Waals surface area contributed by atoms with Gasteiger partial charge in [-0.05, 0) is 36.4 Å². The van der Waals surface area contributed by atoms with Crippen molar-refractivity contribution in [3.63, 3.8) is 0 Å². The number of rotatable bonds is 8. The third-order valence-corrected chi connectivity index (χ3v) is 7.15. The van der Waals surface area contributed by atoms with Crippen molar-refractivity contribution in [1.29, 1.82) is 0 Å². The van der Waals surface area contributed by atoms with Gasteiger partial charge in [-0.25, -0.2) is 24.0 Å². The highest BCUT2D eigenvalue weighted by Gasteiger charge is 2.52. The highest BCUT2D eigenvalue weighted by molar-refractivity contribution is 7.71. The van der Waals surface area contributed by atoms with E-state index < -0.39 is 42.4 Å². The maximum atomic E-state index is 13.3. The number of hydrogen-bond acceptors (Lipinski definition) is 10. The van der Waals surface area contributed by atoms with Gasteiger partial charge in [-0.15, -0.1) is 0 Å². The predicted octanol–water partition coefficient (Wildman–Crippen LogP) is 4.69. The Hall–Kier alpha value is -5.20. The number of nitrogens with one attached hydrogen (secondary N) is 1. The van der Waals surface area contributed by atoms with E-state index in [1.54, 1.807) is 91.0 Å². The van der Waals surface area contributed by atoms with Crippen LogP contribution in [-0.2, 0) is 18.9 Å². The summed E-state index contributed by atoms with van der Waals surface area (Å²) >= 11 is 5.34. The Morgan fingerprint density at radius 3 is 1.91 bits per heavy atom. The maximum Gasteiger partial charge on any atom is 0.338 e. The monoisotopic (exact) mass is 596 g/mol. The molecule has 0 amide bonds. The third kappa shape index (κ3) is 5.92. The highest BCUT2D eigenvalue weighted by Crippen LogP contribution is 2.36. The van der Waals surface area contributed by atoms with Gasteiger partial charge in [0.25, 0.3) is 0 Å². The number of carbonyl (C=O) groups excluding carboxylic acids is 3. The normalized spacial score (nSPS) is 19.5. The fourth-order valence-electron chi connectivity index (χ4n) is 4.73. The van der Waals surface area contributed by atoms with Crippen LogP contribution in [0.25, 0.3) is 11.0 Å². The number of aromatic nitrogens is 4. The first kappa shape index (κ1) is 27.9. The molecule has 4 atom stereocenters. The Morgan fingerprint density at radius 1 is 0.791 bits per heavy atom. The van der Waals surface area contributed by atoms with E-state index in [1.807, 2.05) is 0 Å². The molecule has 1 N–H and O–H groups in total. The van der Waals surface area contributed by atoms with Crippen molar-refractivity contribution in [1.82, 2.24) is 19.7 Å². The van der Waals surface area contributed by atoms with Crippen molar-refractivity contribution in [2.75, 3.05) is 6.61 Å². The van der Waals surface area contributed by atoms with Gasteiger partial charge in [0.1, 0.15) is 23.0 Å². The third-order valence-electron chi connectivity index (χ3n) is 6.83. The Bertz CT molecular complexity index is 1810. The molecule has 216 valence electrons. The number of benzene rings is 3. The first-order chi connectivity index (χ1) is 21.0. The van der Waals surface area contributed by atoms with Gasteiger partial charge < -0.3 is 23.9 Å². The number of hydrogen-bond donors (Lipinski definition) is 1. The topological polar surface area (TPSA) is 135 Å². The number of ether oxygens (including phenoxy) is 4. The molecule has 5 aromatic rings. The zero-order valence-electron chi connectivity index (χ0n) is 22.4. The zero-order chi connectivity index (χ0) is 29.8. The molecular formula is C31H24N4O7S. The molecule has 1 fully saturated rings. The van der Waals surface area contributed by atoms with Gasteiger partial charge in [0.05, 0.1) is 34.6 Å². The van der Waals surface area contributed by atoms with Gasteiger partial charge in [0.2, 0.25) is 0 Å². The molecule has 1 aliphatic heterocycles. The maximum absolute atomic E-state index is 13.3. The number of nitrogens with zero attached hydrogens (tertiary/aromatic N) is 3. The summed E-state index contributed by atoms with van der Waals surface area (Å²) in [5.74, 6) is -1.95. The molecular weight excluding hydrogens is 572 g/mol. The molecule has 0 unspecified atom stereocenters. The average molecular weight is 597 g/mol. The smallest absolute Gasteiger partial charge is 0.338 e. The highest BCUT2D eigenvalue weighted by atomic mass is 32.1. The molecule has 3 heterocycles. The van der Waals surface area contributed by atoms with Crippen molar-refractivity contribution in [3.8, 4) is 0 Å². The standard InChI is InChI=1S/C31H24N4O7S/c36-29(19-10-4-1-5-11-19)39-17-23-24(41-30(37)20-12-6-2-7-13-20)25(42-31(38)21-14-8-3-9-15-21)28(40-23)35-26-22(16-34-35)27(43)33-18-32-26/h1-16,18,23-25,28H,17H2,(H,32,33,43)/t23-,24-,25-,28-/m1/s1. The van der Waals surface area contributed by atoms with Crippen molar-refractivity contribution < 1.29 is 33.3 Å². The molecule has 0 spiro atoms. The van der Waals surface area contributed by atoms with E-state index in [2.05, 4.69) is 15.1 Å². The van der Waals surface area contributed by atoms with Gasteiger partial charge in [-0.3, -0.25) is 0 Å². The second kappa shape index (κ2) is 12.3. The fourth-order valence-corrected chi connectivity index (χ4v) is 4.93. The lowest BCUT2D eigenvalue weighted by Crippen LogP contribution is -2.41. The van der Waals surface area contributed by atoms with E-state index >= 15 is 0 Å². The zero-order valence-corrected chi connectivity index (χ0v) is 23.3. The molecule has 0 aliphatic carbocycles. The predicted molar refractivity (Wildman–Crippen MR) is 155 cm³/mol. The summed E-state index contributed by atoms with van der Waals surface area (Å²) in [6.07, 6.45) is -1.63. The first-order valence-corrected chi connectivity index (χ1v) is 13.7. The first-order valence-electron chi connectivity index (χ1n) is 13.3. The van der Waals surface area contributed by atoms with Gasteiger partial charge in [0, 0.05) is 0 Å². The number of fused-ring (bicyclic) bond motifs is 1. The van der Waals surface area contributed by atoms with E-state index in [1.165, 1.54) is 17.2 Å². The number of esters is 3. The lowest BCUT2D eigenvalue weighted by atomic mass is 10.1. The summed E-state index contributed by atoms with van der Waals surface area (Å²) < 4.78 is 25.6. The quantitative estimate of drug-likeness (QED) is 0.153. The summed E-state index contributed by atoms with van der Waals surface area (Å²) in [6, 6.07) is 25.2. The van der Waals surface area contributed by atoms with Gasteiger partial charge in [-0.1, -0.05) is 66.8 Å². The summed E-state index contributed by atoms with van der Waals surface area (Å²) in [5.41, 5.74) is 1.34.